The lowest BCUT2D eigenvalue weighted by Gasteiger charge is -2.18. The molecule has 1 aromatic carbocycles. The summed E-state index contributed by atoms with van der Waals surface area (Å²) in [6, 6.07) is 3.96. The van der Waals surface area contributed by atoms with Crippen LogP contribution in [0.2, 0.25) is 0 Å². The maximum atomic E-state index is 12.7. The Morgan fingerprint density at radius 1 is 1.29 bits per heavy atom. The Labute approximate surface area is 121 Å². The van der Waals surface area contributed by atoms with Crippen molar-refractivity contribution in [1.82, 2.24) is 5.32 Å². The molecule has 1 rings (SSSR count). The van der Waals surface area contributed by atoms with Crippen LogP contribution in [0, 0.1) is 11.3 Å². The van der Waals surface area contributed by atoms with Gasteiger partial charge in [-0.1, -0.05) is 0 Å². The fourth-order valence-electron chi connectivity index (χ4n) is 1.70. The Kier molecular flexibility index (Phi) is 5.19. The second kappa shape index (κ2) is 6.48. The number of halogens is 3. The van der Waals surface area contributed by atoms with E-state index in [0.29, 0.717) is 0 Å². The first-order chi connectivity index (χ1) is 9.65. The smallest absolute Gasteiger partial charge is 0.374 e. The molecule has 0 spiro atoms. The number of rotatable bonds is 4. The van der Waals surface area contributed by atoms with E-state index in [-0.39, 0.29) is 17.6 Å². The molecule has 0 heterocycles. The summed E-state index contributed by atoms with van der Waals surface area (Å²) in [6.07, 6.45) is -4.58. The second-order valence-electron chi connectivity index (χ2n) is 4.90. The molecular weight excluding hydrogens is 283 g/mol. The average Bonchev–Trinajstić information content (AvgIpc) is 2.36. The zero-order valence-corrected chi connectivity index (χ0v) is 11.9. The van der Waals surface area contributed by atoms with Crippen LogP contribution < -0.4 is 10.6 Å². The Bertz CT molecular complexity index is 562. The molecule has 0 fully saturated rings. The van der Waals surface area contributed by atoms with Crippen LogP contribution >= 0.6 is 0 Å². The maximum absolute atomic E-state index is 12.7. The van der Waals surface area contributed by atoms with Crippen molar-refractivity contribution in [3.05, 3.63) is 29.3 Å². The molecule has 1 unspecified atom stereocenters. The van der Waals surface area contributed by atoms with E-state index >= 15 is 0 Å². The minimum Gasteiger partial charge on any atom is -0.374 e. The van der Waals surface area contributed by atoms with Gasteiger partial charge in [-0.05, 0) is 39.0 Å². The first-order valence-corrected chi connectivity index (χ1v) is 6.33. The van der Waals surface area contributed by atoms with E-state index in [1.165, 1.54) is 12.1 Å². The molecule has 21 heavy (non-hydrogen) atoms. The highest BCUT2D eigenvalue weighted by atomic mass is 19.4. The van der Waals surface area contributed by atoms with E-state index in [2.05, 4.69) is 10.6 Å². The van der Waals surface area contributed by atoms with Crippen molar-refractivity contribution in [1.29, 1.82) is 5.26 Å². The highest BCUT2D eigenvalue weighted by Gasteiger charge is 2.33. The molecule has 0 aliphatic rings. The molecule has 114 valence electrons. The molecule has 1 aromatic rings. The van der Waals surface area contributed by atoms with Gasteiger partial charge in [0.15, 0.2) is 0 Å². The zero-order chi connectivity index (χ0) is 16.2. The monoisotopic (exact) mass is 299 g/mol. The standard InChI is InChI=1S/C14H16F3N3O/c1-8(2)19-13(21)9(3)20-11-4-5-12(14(15,16)17)10(6-11)7-18/h4-6,8-9,20H,1-3H3,(H,19,21). The molecule has 0 saturated heterocycles. The van der Waals surface area contributed by atoms with E-state index < -0.39 is 23.3 Å². The summed E-state index contributed by atoms with van der Waals surface area (Å²) in [5, 5.41) is 14.3. The fraction of sp³-hybridized carbons (Fsp3) is 0.429. The summed E-state index contributed by atoms with van der Waals surface area (Å²) in [5.41, 5.74) is -1.19. The highest BCUT2D eigenvalue weighted by Crippen LogP contribution is 2.33. The molecule has 7 heteroatoms. The van der Waals surface area contributed by atoms with Gasteiger partial charge >= 0.3 is 6.18 Å². The van der Waals surface area contributed by atoms with Crippen LogP contribution in [0.4, 0.5) is 18.9 Å². The number of hydrogen-bond donors (Lipinski definition) is 2. The second-order valence-corrected chi connectivity index (χ2v) is 4.90. The van der Waals surface area contributed by atoms with Gasteiger partial charge in [-0.2, -0.15) is 18.4 Å². The molecule has 1 amide bonds. The third-order valence-corrected chi connectivity index (χ3v) is 2.65. The Morgan fingerprint density at radius 3 is 2.38 bits per heavy atom. The van der Waals surface area contributed by atoms with Gasteiger partial charge in [0.1, 0.15) is 6.04 Å². The van der Waals surface area contributed by atoms with Crippen molar-refractivity contribution in [2.24, 2.45) is 0 Å². The van der Waals surface area contributed by atoms with Gasteiger partial charge in [-0.3, -0.25) is 4.79 Å². The van der Waals surface area contributed by atoms with Gasteiger partial charge in [0, 0.05) is 11.7 Å². The molecule has 0 radical (unpaired) electrons. The van der Waals surface area contributed by atoms with E-state index in [1.807, 2.05) is 0 Å². The highest BCUT2D eigenvalue weighted by molar-refractivity contribution is 5.84. The van der Waals surface area contributed by atoms with Crippen molar-refractivity contribution < 1.29 is 18.0 Å². The zero-order valence-electron chi connectivity index (χ0n) is 11.9. The van der Waals surface area contributed by atoms with Crippen molar-refractivity contribution in [2.75, 3.05) is 5.32 Å². The van der Waals surface area contributed by atoms with Gasteiger partial charge in [0.05, 0.1) is 17.2 Å². The van der Waals surface area contributed by atoms with Crippen LogP contribution in [-0.4, -0.2) is 18.0 Å². The van der Waals surface area contributed by atoms with Crippen LogP contribution in [-0.2, 0) is 11.0 Å². The van der Waals surface area contributed by atoms with E-state index in [1.54, 1.807) is 20.8 Å². The molecular formula is C14H16F3N3O. The number of nitrogens with one attached hydrogen (secondary N) is 2. The summed E-state index contributed by atoms with van der Waals surface area (Å²) < 4.78 is 38.0. The lowest BCUT2D eigenvalue weighted by molar-refractivity contribution is -0.137. The van der Waals surface area contributed by atoms with Crippen LogP contribution in [0.1, 0.15) is 31.9 Å². The van der Waals surface area contributed by atoms with Crippen LogP contribution in [0.15, 0.2) is 18.2 Å². The van der Waals surface area contributed by atoms with Gasteiger partial charge < -0.3 is 10.6 Å². The molecule has 0 aliphatic carbocycles. The van der Waals surface area contributed by atoms with Crippen LogP contribution in [0.3, 0.4) is 0 Å². The van der Waals surface area contributed by atoms with Crippen molar-refractivity contribution >= 4 is 11.6 Å². The Balaban J connectivity index is 2.92. The summed E-state index contributed by atoms with van der Waals surface area (Å²) >= 11 is 0. The number of nitriles is 1. The third-order valence-electron chi connectivity index (χ3n) is 2.65. The molecule has 2 N–H and O–H groups in total. The van der Waals surface area contributed by atoms with E-state index in [9.17, 15) is 18.0 Å². The Hall–Kier alpha value is -2.23. The average molecular weight is 299 g/mol. The number of nitrogens with zero attached hydrogens (tertiary/aromatic N) is 1. The Morgan fingerprint density at radius 2 is 1.90 bits per heavy atom. The largest absolute Gasteiger partial charge is 0.417 e. The quantitative estimate of drug-likeness (QED) is 0.898. The van der Waals surface area contributed by atoms with Gasteiger partial charge in [-0.15, -0.1) is 0 Å². The topological polar surface area (TPSA) is 64.9 Å². The van der Waals surface area contributed by atoms with Gasteiger partial charge in [0.25, 0.3) is 0 Å². The molecule has 1 atom stereocenters. The van der Waals surface area contributed by atoms with Crippen molar-refractivity contribution in [3.63, 3.8) is 0 Å². The van der Waals surface area contributed by atoms with Crippen LogP contribution in [0.25, 0.3) is 0 Å². The first-order valence-electron chi connectivity index (χ1n) is 6.33. The lowest BCUT2D eigenvalue weighted by Crippen LogP contribution is -2.41. The fourth-order valence-corrected chi connectivity index (χ4v) is 1.70. The minimum atomic E-state index is -4.58. The number of alkyl halides is 3. The molecule has 4 nitrogen and oxygen atoms in total. The maximum Gasteiger partial charge on any atom is 0.417 e. The molecule has 0 bridgehead atoms. The lowest BCUT2D eigenvalue weighted by atomic mass is 10.1. The van der Waals surface area contributed by atoms with Crippen molar-refractivity contribution in [3.8, 4) is 6.07 Å². The number of benzene rings is 1. The van der Waals surface area contributed by atoms with E-state index in [0.717, 1.165) is 12.1 Å². The van der Waals surface area contributed by atoms with Crippen LogP contribution in [0.5, 0.6) is 0 Å². The predicted octanol–water partition coefficient (Wildman–Crippen LogP) is 2.90. The summed E-state index contributed by atoms with van der Waals surface area (Å²) in [6.45, 7) is 5.19. The first kappa shape index (κ1) is 16.8. The number of carbonyl (C=O) groups excluding carboxylic acids is 1. The normalized spacial score (nSPS) is 12.7. The van der Waals surface area contributed by atoms with Gasteiger partial charge in [-0.25, -0.2) is 0 Å². The van der Waals surface area contributed by atoms with E-state index in [4.69, 9.17) is 5.26 Å². The number of amides is 1. The van der Waals surface area contributed by atoms with Gasteiger partial charge in [0.2, 0.25) is 5.91 Å². The molecule has 0 aliphatic heterocycles. The SMILES string of the molecule is CC(C)NC(=O)C(C)Nc1ccc(C(F)(F)F)c(C#N)c1. The van der Waals surface area contributed by atoms with Crippen molar-refractivity contribution in [2.45, 2.75) is 39.0 Å². The number of carbonyl (C=O) groups is 1. The summed E-state index contributed by atoms with van der Waals surface area (Å²) in [7, 11) is 0. The third kappa shape index (κ3) is 4.67. The molecule has 0 saturated carbocycles. The minimum absolute atomic E-state index is 0.0379. The number of hydrogen-bond acceptors (Lipinski definition) is 3. The molecule has 0 aromatic heterocycles. The summed E-state index contributed by atoms with van der Waals surface area (Å²) in [5.74, 6) is -0.275. The predicted molar refractivity (Wildman–Crippen MR) is 72.5 cm³/mol. The number of anilines is 1. The summed E-state index contributed by atoms with van der Waals surface area (Å²) in [4.78, 5) is 11.7.